The van der Waals surface area contributed by atoms with Crippen molar-refractivity contribution in [2.24, 2.45) is 0 Å². The fraction of sp³-hybridized carbons (Fsp3) is 0.143. The molecule has 3 nitrogen and oxygen atoms in total. The summed E-state index contributed by atoms with van der Waals surface area (Å²) in [4.78, 5) is 14.1. The second-order valence-corrected chi connectivity index (χ2v) is 2.42. The van der Waals surface area contributed by atoms with E-state index in [-0.39, 0.29) is 0 Å². The van der Waals surface area contributed by atoms with Crippen molar-refractivity contribution in [3.8, 4) is 0 Å². The minimum atomic E-state index is -1.06. The van der Waals surface area contributed by atoms with E-state index in [4.69, 9.17) is 16.7 Å². The van der Waals surface area contributed by atoms with E-state index in [2.05, 4.69) is 4.98 Å². The lowest BCUT2D eigenvalue weighted by Gasteiger charge is -2.01. The molecule has 1 unspecified atom stereocenters. The highest BCUT2D eigenvalue weighted by atomic mass is 35.5. The van der Waals surface area contributed by atoms with Gasteiger partial charge in [-0.1, -0.05) is 6.07 Å². The summed E-state index contributed by atoms with van der Waals surface area (Å²) < 4.78 is 0. The van der Waals surface area contributed by atoms with Crippen LogP contribution in [0.5, 0.6) is 0 Å². The minimum Gasteiger partial charge on any atom is -0.480 e. The molecule has 1 N–H and O–H groups in total. The van der Waals surface area contributed by atoms with Crippen LogP contribution >= 0.6 is 11.6 Å². The summed E-state index contributed by atoms with van der Waals surface area (Å²) in [6, 6.07) is 3.27. The van der Waals surface area contributed by atoms with Gasteiger partial charge < -0.3 is 5.11 Å². The summed E-state index contributed by atoms with van der Waals surface area (Å²) in [7, 11) is 0. The van der Waals surface area contributed by atoms with E-state index < -0.39 is 11.3 Å². The monoisotopic (exact) mass is 171 g/mol. The Hall–Kier alpha value is -1.09. The molecule has 1 atom stereocenters. The molecule has 0 amide bonds. The summed E-state index contributed by atoms with van der Waals surface area (Å²) in [6.45, 7) is 0. The van der Waals surface area contributed by atoms with Crippen molar-refractivity contribution in [1.29, 1.82) is 0 Å². The van der Waals surface area contributed by atoms with Crippen molar-refractivity contribution in [2.45, 2.75) is 5.38 Å². The number of halogens is 1. The van der Waals surface area contributed by atoms with E-state index in [1.54, 1.807) is 18.3 Å². The fourth-order valence-electron chi connectivity index (χ4n) is 0.668. The zero-order valence-corrected chi connectivity index (χ0v) is 6.32. The number of alkyl halides is 1. The predicted octanol–water partition coefficient (Wildman–Crippen LogP) is 1.45. The number of rotatable bonds is 2. The minimum absolute atomic E-state index is 0.502. The first-order valence-electron chi connectivity index (χ1n) is 2.98. The van der Waals surface area contributed by atoms with Crippen molar-refractivity contribution < 1.29 is 9.90 Å². The zero-order valence-electron chi connectivity index (χ0n) is 5.57. The highest BCUT2D eigenvalue weighted by molar-refractivity contribution is 6.29. The van der Waals surface area contributed by atoms with Crippen LogP contribution in [0.3, 0.4) is 0 Å². The Bertz CT molecular complexity index is 250. The Kier molecular flexibility index (Phi) is 2.44. The van der Waals surface area contributed by atoms with Crippen molar-refractivity contribution >= 4 is 17.6 Å². The maximum absolute atomic E-state index is 10.3. The van der Waals surface area contributed by atoms with Gasteiger partial charge in [0.2, 0.25) is 0 Å². The largest absolute Gasteiger partial charge is 0.480 e. The highest BCUT2D eigenvalue weighted by Crippen LogP contribution is 2.18. The van der Waals surface area contributed by atoms with Crippen LogP contribution in [0.4, 0.5) is 0 Å². The van der Waals surface area contributed by atoms with Gasteiger partial charge >= 0.3 is 5.97 Å². The van der Waals surface area contributed by atoms with Crippen LogP contribution in [-0.2, 0) is 4.79 Å². The normalized spacial score (nSPS) is 12.5. The summed E-state index contributed by atoms with van der Waals surface area (Å²) >= 11 is 5.50. The molecule has 1 heterocycles. The van der Waals surface area contributed by atoms with Gasteiger partial charge in [-0.15, -0.1) is 11.6 Å². The fourth-order valence-corrected chi connectivity index (χ4v) is 0.798. The van der Waals surface area contributed by atoms with E-state index in [1.807, 2.05) is 0 Å². The first-order valence-corrected chi connectivity index (χ1v) is 3.42. The molecule has 0 saturated carbocycles. The van der Waals surface area contributed by atoms with Crippen LogP contribution in [0.25, 0.3) is 0 Å². The van der Waals surface area contributed by atoms with Gasteiger partial charge in [-0.2, -0.15) is 0 Å². The number of carbonyl (C=O) groups is 1. The lowest BCUT2D eigenvalue weighted by atomic mass is 10.2. The number of carboxylic acids is 1. The molecule has 0 fully saturated rings. The molecule has 0 radical (unpaired) electrons. The number of nitrogens with zero attached hydrogens (tertiary/aromatic N) is 1. The maximum Gasteiger partial charge on any atom is 0.326 e. The lowest BCUT2D eigenvalue weighted by Crippen LogP contribution is -2.04. The smallest absolute Gasteiger partial charge is 0.326 e. The Morgan fingerprint density at radius 3 is 2.91 bits per heavy atom. The van der Waals surface area contributed by atoms with Crippen LogP contribution in [0, 0.1) is 0 Å². The molecule has 0 spiro atoms. The molecular formula is C7H6ClNO2. The van der Waals surface area contributed by atoms with E-state index in [0.29, 0.717) is 5.56 Å². The molecule has 0 bridgehead atoms. The van der Waals surface area contributed by atoms with E-state index in [9.17, 15) is 4.79 Å². The van der Waals surface area contributed by atoms with E-state index in [0.717, 1.165) is 0 Å². The van der Waals surface area contributed by atoms with Gasteiger partial charge in [0.1, 0.15) is 0 Å². The van der Waals surface area contributed by atoms with Crippen LogP contribution in [0.2, 0.25) is 0 Å². The van der Waals surface area contributed by atoms with Gasteiger partial charge in [-0.05, 0) is 11.6 Å². The van der Waals surface area contributed by atoms with Crippen LogP contribution in [0.1, 0.15) is 10.9 Å². The van der Waals surface area contributed by atoms with Gasteiger partial charge in [0.25, 0.3) is 0 Å². The average molecular weight is 172 g/mol. The average Bonchev–Trinajstić information content (AvgIpc) is 2.05. The summed E-state index contributed by atoms with van der Waals surface area (Å²) in [6.07, 6.45) is 3.00. The Labute approximate surface area is 68.6 Å². The molecule has 4 heteroatoms. The first-order chi connectivity index (χ1) is 5.22. The van der Waals surface area contributed by atoms with Gasteiger partial charge in [0.15, 0.2) is 5.38 Å². The van der Waals surface area contributed by atoms with Gasteiger partial charge in [0.05, 0.1) is 0 Å². The van der Waals surface area contributed by atoms with Gasteiger partial charge in [0, 0.05) is 12.4 Å². The van der Waals surface area contributed by atoms with Crippen LogP contribution < -0.4 is 0 Å². The second-order valence-electron chi connectivity index (χ2n) is 1.99. The Morgan fingerprint density at radius 2 is 2.45 bits per heavy atom. The summed E-state index contributed by atoms with van der Waals surface area (Å²) in [5, 5.41) is 7.48. The molecule has 1 aromatic rings. The molecule has 0 aromatic carbocycles. The van der Waals surface area contributed by atoms with Crippen LogP contribution in [0.15, 0.2) is 24.5 Å². The zero-order chi connectivity index (χ0) is 8.27. The predicted molar refractivity (Wildman–Crippen MR) is 40.5 cm³/mol. The molecule has 0 aliphatic rings. The van der Waals surface area contributed by atoms with E-state index in [1.165, 1.54) is 6.20 Å². The number of aliphatic carboxylic acids is 1. The third-order valence-electron chi connectivity index (χ3n) is 1.19. The topological polar surface area (TPSA) is 50.2 Å². The highest BCUT2D eigenvalue weighted by Gasteiger charge is 2.15. The quantitative estimate of drug-likeness (QED) is 0.686. The molecule has 0 aliphatic heterocycles. The lowest BCUT2D eigenvalue weighted by molar-refractivity contribution is -0.136. The van der Waals surface area contributed by atoms with Gasteiger partial charge in [-0.3, -0.25) is 9.78 Å². The molecule has 58 valence electrons. The number of hydrogen-bond donors (Lipinski definition) is 1. The van der Waals surface area contributed by atoms with Crippen molar-refractivity contribution in [2.75, 3.05) is 0 Å². The molecule has 1 rings (SSSR count). The summed E-state index contributed by atoms with van der Waals surface area (Å²) in [5.41, 5.74) is 0.502. The number of pyridine rings is 1. The van der Waals surface area contributed by atoms with Crippen molar-refractivity contribution in [3.63, 3.8) is 0 Å². The molecule has 11 heavy (non-hydrogen) atoms. The number of carboxylic acid groups (broad SMARTS) is 1. The first kappa shape index (κ1) is 8.01. The van der Waals surface area contributed by atoms with Crippen molar-refractivity contribution in [3.05, 3.63) is 30.1 Å². The molecular weight excluding hydrogens is 166 g/mol. The SMILES string of the molecule is O=C(O)C(Cl)c1cccnc1. The van der Waals surface area contributed by atoms with E-state index >= 15 is 0 Å². The molecule has 0 aliphatic carbocycles. The maximum atomic E-state index is 10.3. The second kappa shape index (κ2) is 3.34. The number of hydrogen-bond acceptors (Lipinski definition) is 2. The van der Waals surface area contributed by atoms with Crippen LogP contribution in [-0.4, -0.2) is 16.1 Å². The summed E-state index contributed by atoms with van der Waals surface area (Å²) in [5.74, 6) is -1.06. The number of aromatic nitrogens is 1. The third kappa shape index (κ3) is 1.91. The Balaban J connectivity index is 2.85. The standard InChI is InChI=1S/C7H6ClNO2/c8-6(7(10)11)5-2-1-3-9-4-5/h1-4,6H,(H,10,11). The molecule has 1 aromatic heterocycles. The Morgan fingerprint density at radius 1 is 1.73 bits per heavy atom. The third-order valence-corrected chi connectivity index (χ3v) is 1.63. The molecule has 0 saturated heterocycles. The van der Waals surface area contributed by atoms with Crippen molar-refractivity contribution in [1.82, 2.24) is 4.98 Å². The van der Waals surface area contributed by atoms with Gasteiger partial charge in [-0.25, -0.2) is 0 Å².